The first-order chi connectivity index (χ1) is 11.1. The number of hydrogen-bond acceptors (Lipinski definition) is 4. The molecule has 3 N–H and O–H groups in total. The number of hydrogen-bond donors (Lipinski definition) is 2. The van der Waals surface area contributed by atoms with E-state index in [0.717, 1.165) is 29.5 Å². The Morgan fingerprint density at radius 2 is 2.09 bits per heavy atom. The number of benzene rings is 1. The number of ether oxygens (including phenoxy) is 1. The molecule has 5 nitrogen and oxygen atoms in total. The van der Waals surface area contributed by atoms with Crippen LogP contribution < -0.4 is 5.73 Å². The number of anilines is 1. The van der Waals surface area contributed by atoms with Crippen LogP contribution in [0.25, 0.3) is 11.0 Å². The van der Waals surface area contributed by atoms with E-state index in [4.69, 9.17) is 10.5 Å². The van der Waals surface area contributed by atoms with Crippen LogP contribution in [0.4, 0.5) is 5.69 Å². The van der Waals surface area contributed by atoms with Crippen molar-refractivity contribution >= 4 is 22.7 Å². The lowest BCUT2D eigenvalue weighted by atomic mass is 10.0. The lowest BCUT2D eigenvalue weighted by Crippen LogP contribution is -2.00. The van der Waals surface area contributed by atoms with E-state index in [-0.39, 0.29) is 5.97 Å². The number of carbonyl (C=O) groups excluding carboxylic acids is 1. The minimum Gasteiger partial charge on any atom is -0.464 e. The number of H-pyrrole nitrogens is 1. The third-order valence-electron chi connectivity index (χ3n) is 3.99. The molecule has 0 amide bonds. The summed E-state index contributed by atoms with van der Waals surface area (Å²) in [6.45, 7) is 2.09. The second-order valence-electron chi connectivity index (χ2n) is 5.64. The molecule has 0 saturated carbocycles. The summed E-state index contributed by atoms with van der Waals surface area (Å²) in [5.74, 6) is -0.389. The monoisotopic (exact) mass is 309 g/mol. The first kappa shape index (κ1) is 15.1. The summed E-state index contributed by atoms with van der Waals surface area (Å²) < 4.78 is 4.72. The maximum Gasteiger partial charge on any atom is 0.354 e. The van der Waals surface area contributed by atoms with E-state index in [0.29, 0.717) is 11.3 Å². The summed E-state index contributed by atoms with van der Waals surface area (Å²) in [5.41, 5.74) is 11.3. The maximum absolute atomic E-state index is 11.6. The van der Waals surface area contributed by atoms with Gasteiger partial charge in [0.15, 0.2) is 0 Å². The summed E-state index contributed by atoms with van der Waals surface area (Å²) in [6, 6.07) is 9.80. The number of fused-ring (bicyclic) bond motifs is 1. The Bertz CT molecular complexity index is 868. The molecule has 3 aromatic rings. The first-order valence-corrected chi connectivity index (χ1v) is 7.48. The van der Waals surface area contributed by atoms with Crippen molar-refractivity contribution in [3.8, 4) is 0 Å². The standard InChI is InChI=1S/C18H19N3O2/c1-11-3-6-15(19)8-13(11)5-4-12-7-14-9-16(18(22)23-2)21-17(14)20-10-12/h3,6-10H,4-5,19H2,1-2H3,(H,20,21). The Labute approximate surface area is 134 Å². The molecule has 0 fully saturated rings. The van der Waals surface area contributed by atoms with Gasteiger partial charge in [0, 0.05) is 17.3 Å². The summed E-state index contributed by atoms with van der Waals surface area (Å²) in [7, 11) is 1.36. The van der Waals surface area contributed by atoms with Crippen molar-refractivity contribution in [2.45, 2.75) is 19.8 Å². The molecule has 0 aliphatic heterocycles. The van der Waals surface area contributed by atoms with Crippen LogP contribution in [-0.2, 0) is 17.6 Å². The van der Waals surface area contributed by atoms with Gasteiger partial charge < -0.3 is 15.5 Å². The molecule has 3 rings (SSSR count). The molecule has 1 aromatic carbocycles. The summed E-state index contributed by atoms with van der Waals surface area (Å²) in [5, 5.41) is 0.909. The van der Waals surface area contributed by atoms with Crippen LogP contribution in [0.2, 0.25) is 0 Å². The predicted octanol–water partition coefficient (Wildman–Crippen LogP) is 3.03. The van der Waals surface area contributed by atoms with Gasteiger partial charge in [0.1, 0.15) is 11.3 Å². The van der Waals surface area contributed by atoms with Crippen molar-refractivity contribution in [2.75, 3.05) is 12.8 Å². The largest absolute Gasteiger partial charge is 0.464 e. The Balaban J connectivity index is 1.80. The zero-order valence-electron chi connectivity index (χ0n) is 13.2. The van der Waals surface area contributed by atoms with E-state index in [1.165, 1.54) is 18.2 Å². The number of nitrogens with one attached hydrogen (secondary N) is 1. The average molecular weight is 309 g/mol. The van der Waals surface area contributed by atoms with Gasteiger partial charge in [0.05, 0.1) is 7.11 Å². The highest BCUT2D eigenvalue weighted by atomic mass is 16.5. The van der Waals surface area contributed by atoms with Gasteiger partial charge in [-0.15, -0.1) is 0 Å². The quantitative estimate of drug-likeness (QED) is 0.573. The second kappa shape index (κ2) is 6.12. The molecule has 0 aliphatic carbocycles. The number of aromatic nitrogens is 2. The molecule has 2 aromatic heterocycles. The van der Waals surface area contributed by atoms with E-state index in [2.05, 4.69) is 16.9 Å². The number of nitrogen functional groups attached to an aromatic ring is 1. The maximum atomic E-state index is 11.6. The van der Waals surface area contributed by atoms with Crippen LogP contribution >= 0.6 is 0 Å². The highest BCUT2D eigenvalue weighted by molar-refractivity contribution is 5.93. The number of esters is 1. The highest BCUT2D eigenvalue weighted by Crippen LogP contribution is 2.19. The van der Waals surface area contributed by atoms with Crippen molar-refractivity contribution in [3.05, 3.63) is 58.9 Å². The molecule has 0 bridgehead atoms. The number of aryl methyl sites for hydroxylation is 3. The molecule has 23 heavy (non-hydrogen) atoms. The number of aromatic amines is 1. The minimum atomic E-state index is -0.389. The van der Waals surface area contributed by atoms with Crippen LogP contribution in [-0.4, -0.2) is 23.0 Å². The Kier molecular flexibility index (Phi) is 4.02. The van der Waals surface area contributed by atoms with Crippen molar-refractivity contribution in [2.24, 2.45) is 0 Å². The highest BCUT2D eigenvalue weighted by Gasteiger charge is 2.10. The molecule has 0 spiro atoms. The Hall–Kier alpha value is -2.82. The van der Waals surface area contributed by atoms with Gasteiger partial charge in [-0.05, 0) is 60.7 Å². The topological polar surface area (TPSA) is 81.0 Å². The SMILES string of the molecule is COC(=O)c1cc2cc(CCc3cc(N)ccc3C)cnc2[nH]1. The third-order valence-corrected chi connectivity index (χ3v) is 3.99. The van der Waals surface area contributed by atoms with Crippen LogP contribution in [0.3, 0.4) is 0 Å². The normalized spacial score (nSPS) is 10.9. The van der Waals surface area contributed by atoms with Gasteiger partial charge in [-0.25, -0.2) is 9.78 Å². The first-order valence-electron chi connectivity index (χ1n) is 7.48. The zero-order valence-corrected chi connectivity index (χ0v) is 13.2. The zero-order chi connectivity index (χ0) is 16.4. The van der Waals surface area contributed by atoms with Gasteiger partial charge in [0.2, 0.25) is 0 Å². The Morgan fingerprint density at radius 3 is 2.87 bits per heavy atom. The van der Waals surface area contributed by atoms with Gasteiger partial charge in [0.25, 0.3) is 0 Å². The smallest absolute Gasteiger partial charge is 0.354 e. The van der Waals surface area contributed by atoms with Crippen molar-refractivity contribution in [3.63, 3.8) is 0 Å². The number of nitrogens with two attached hydrogens (primary N) is 1. The van der Waals surface area contributed by atoms with E-state index in [1.807, 2.05) is 30.5 Å². The summed E-state index contributed by atoms with van der Waals surface area (Å²) >= 11 is 0. The third kappa shape index (κ3) is 3.18. The molecular weight excluding hydrogens is 290 g/mol. The fraction of sp³-hybridized carbons (Fsp3) is 0.222. The number of carbonyl (C=O) groups is 1. The van der Waals surface area contributed by atoms with Gasteiger partial charge >= 0.3 is 5.97 Å². The molecule has 0 aliphatic rings. The van der Waals surface area contributed by atoms with Gasteiger partial charge in [-0.2, -0.15) is 0 Å². The molecule has 0 saturated heterocycles. The van der Waals surface area contributed by atoms with Crippen molar-refractivity contribution in [1.29, 1.82) is 0 Å². The van der Waals surface area contributed by atoms with Crippen LogP contribution in [0.1, 0.15) is 27.2 Å². The van der Waals surface area contributed by atoms with E-state index in [9.17, 15) is 4.79 Å². The molecular formula is C18H19N3O2. The molecule has 0 unspecified atom stereocenters. The lowest BCUT2D eigenvalue weighted by molar-refractivity contribution is 0.0595. The van der Waals surface area contributed by atoms with Crippen LogP contribution in [0.5, 0.6) is 0 Å². The number of methoxy groups -OCH3 is 1. The second-order valence-corrected chi connectivity index (χ2v) is 5.64. The summed E-state index contributed by atoms with van der Waals surface area (Å²) in [6.07, 6.45) is 3.60. The van der Waals surface area contributed by atoms with Crippen molar-refractivity contribution < 1.29 is 9.53 Å². The van der Waals surface area contributed by atoms with E-state index < -0.39 is 0 Å². The average Bonchev–Trinajstić information content (AvgIpc) is 2.98. The Morgan fingerprint density at radius 1 is 1.26 bits per heavy atom. The van der Waals surface area contributed by atoms with E-state index >= 15 is 0 Å². The minimum absolute atomic E-state index is 0.389. The fourth-order valence-electron chi connectivity index (χ4n) is 2.66. The predicted molar refractivity (Wildman–Crippen MR) is 90.4 cm³/mol. The van der Waals surface area contributed by atoms with Crippen molar-refractivity contribution in [1.82, 2.24) is 9.97 Å². The number of rotatable bonds is 4. The molecule has 2 heterocycles. The number of pyridine rings is 1. The van der Waals surface area contributed by atoms with Gasteiger partial charge in [-0.1, -0.05) is 6.07 Å². The van der Waals surface area contributed by atoms with Crippen LogP contribution in [0, 0.1) is 6.92 Å². The lowest BCUT2D eigenvalue weighted by Gasteiger charge is -2.07. The molecule has 5 heteroatoms. The molecule has 0 radical (unpaired) electrons. The van der Waals surface area contributed by atoms with Crippen LogP contribution in [0.15, 0.2) is 36.5 Å². The molecule has 118 valence electrons. The fourth-order valence-corrected chi connectivity index (χ4v) is 2.66. The summed E-state index contributed by atoms with van der Waals surface area (Å²) in [4.78, 5) is 18.9. The van der Waals surface area contributed by atoms with E-state index in [1.54, 1.807) is 6.07 Å². The number of nitrogens with zero attached hydrogens (tertiary/aromatic N) is 1. The molecule has 0 atom stereocenters. The van der Waals surface area contributed by atoms with Gasteiger partial charge in [-0.3, -0.25) is 0 Å².